The summed E-state index contributed by atoms with van der Waals surface area (Å²) in [7, 11) is 0. The van der Waals surface area contributed by atoms with Crippen molar-refractivity contribution in [2.45, 2.75) is 38.1 Å². The second kappa shape index (κ2) is 4.30. The molecule has 1 aromatic rings. The van der Waals surface area contributed by atoms with Gasteiger partial charge in [-0.2, -0.15) is 0 Å². The highest BCUT2D eigenvalue weighted by molar-refractivity contribution is 6.31. The third kappa shape index (κ3) is 2.04. The minimum Gasteiger partial charge on any atom is -0.352 e. The summed E-state index contributed by atoms with van der Waals surface area (Å²) in [5, 5.41) is 3.33. The highest BCUT2D eigenvalue weighted by Gasteiger charge is 2.44. The lowest BCUT2D eigenvalue weighted by Gasteiger charge is -2.30. The maximum Gasteiger partial charge on any atom is 0.221 e. The number of carbonyl (C=O) groups excluding carboxylic acids is 1. The van der Waals surface area contributed by atoms with Crippen molar-refractivity contribution in [2.24, 2.45) is 0 Å². The normalized spacial score (nSPS) is 28.2. The number of hydrogen-bond acceptors (Lipinski definition) is 1. The highest BCUT2D eigenvalue weighted by atomic mass is 35.5. The second-order valence-corrected chi connectivity index (χ2v) is 5.15. The number of rotatable bonds is 2. The molecule has 1 aromatic carbocycles. The molecule has 2 atom stereocenters. The van der Waals surface area contributed by atoms with Crippen LogP contribution in [0.2, 0.25) is 5.02 Å². The average molecular weight is 256 g/mol. The van der Waals surface area contributed by atoms with Crippen LogP contribution in [0.3, 0.4) is 0 Å². The fraction of sp³-hybridized carbons (Fsp3) is 0.462. The SMILES string of the molecule is CCC1NC(=O)CC1(C)c1ccc(F)cc1Cl. The monoisotopic (exact) mass is 255 g/mol. The van der Waals surface area contributed by atoms with E-state index in [2.05, 4.69) is 5.32 Å². The molecule has 0 aromatic heterocycles. The Balaban J connectivity index is 2.46. The Bertz CT molecular complexity index is 463. The van der Waals surface area contributed by atoms with Crippen LogP contribution in [0.25, 0.3) is 0 Å². The van der Waals surface area contributed by atoms with Gasteiger partial charge in [0.1, 0.15) is 5.82 Å². The first kappa shape index (κ1) is 12.4. The largest absolute Gasteiger partial charge is 0.352 e. The zero-order valence-corrected chi connectivity index (χ0v) is 10.6. The van der Waals surface area contributed by atoms with Crippen LogP contribution >= 0.6 is 11.6 Å². The Hall–Kier alpha value is -1.09. The van der Waals surface area contributed by atoms with Crippen molar-refractivity contribution >= 4 is 17.5 Å². The molecule has 0 spiro atoms. The summed E-state index contributed by atoms with van der Waals surface area (Å²) in [5.74, 6) is -0.326. The van der Waals surface area contributed by atoms with Crippen LogP contribution in [0.5, 0.6) is 0 Å². The van der Waals surface area contributed by atoms with E-state index in [1.165, 1.54) is 12.1 Å². The first-order valence-electron chi connectivity index (χ1n) is 5.72. The number of carbonyl (C=O) groups is 1. The van der Waals surface area contributed by atoms with Gasteiger partial charge in [-0.05, 0) is 24.1 Å². The fourth-order valence-electron chi connectivity index (χ4n) is 2.65. The van der Waals surface area contributed by atoms with Gasteiger partial charge in [0.05, 0.1) is 0 Å². The van der Waals surface area contributed by atoms with Gasteiger partial charge in [-0.3, -0.25) is 4.79 Å². The first-order valence-corrected chi connectivity index (χ1v) is 6.10. The van der Waals surface area contributed by atoms with Crippen LogP contribution in [0.4, 0.5) is 4.39 Å². The molecule has 1 saturated heterocycles. The third-order valence-corrected chi connectivity index (χ3v) is 3.90. The van der Waals surface area contributed by atoms with E-state index in [-0.39, 0.29) is 23.2 Å². The minimum absolute atomic E-state index is 0.0275. The Morgan fingerprint density at radius 1 is 1.59 bits per heavy atom. The van der Waals surface area contributed by atoms with E-state index < -0.39 is 0 Å². The smallest absolute Gasteiger partial charge is 0.221 e. The summed E-state index contributed by atoms with van der Waals surface area (Å²) in [4.78, 5) is 11.6. The molecule has 1 aliphatic heterocycles. The van der Waals surface area contributed by atoms with Crippen molar-refractivity contribution in [3.8, 4) is 0 Å². The zero-order chi connectivity index (χ0) is 12.6. The molecule has 1 N–H and O–H groups in total. The standard InChI is InChI=1S/C13H15ClFNO/c1-3-11-13(2,7-12(17)16-11)9-5-4-8(15)6-10(9)14/h4-6,11H,3,7H2,1-2H3,(H,16,17). The summed E-state index contributed by atoms with van der Waals surface area (Å²) in [5.41, 5.74) is 0.488. The summed E-state index contributed by atoms with van der Waals surface area (Å²) in [6.45, 7) is 4.02. The van der Waals surface area contributed by atoms with Gasteiger partial charge in [0.15, 0.2) is 0 Å². The third-order valence-electron chi connectivity index (χ3n) is 3.59. The summed E-state index contributed by atoms with van der Waals surface area (Å²) < 4.78 is 13.0. The Labute approximate surface area is 105 Å². The fourth-order valence-corrected chi connectivity index (χ4v) is 3.03. The molecule has 2 nitrogen and oxygen atoms in total. The van der Waals surface area contributed by atoms with E-state index in [0.29, 0.717) is 11.4 Å². The lowest BCUT2D eigenvalue weighted by Crippen LogP contribution is -2.38. The molecule has 1 fully saturated rings. The van der Waals surface area contributed by atoms with Crippen LogP contribution in [0.15, 0.2) is 18.2 Å². The first-order chi connectivity index (χ1) is 7.97. The number of halogens is 2. The van der Waals surface area contributed by atoms with Gasteiger partial charge in [0, 0.05) is 22.9 Å². The molecule has 0 radical (unpaired) electrons. The molecule has 17 heavy (non-hydrogen) atoms. The minimum atomic E-state index is -0.354. The molecule has 92 valence electrons. The van der Waals surface area contributed by atoms with Crippen molar-refractivity contribution in [2.75, 3.05) is 0 Å². The lowest BCUT2D eigenvalue weighted by molar-refractivity contribution is -0.119. The molecular weight excluding hydrogens is 241 g/mol. The predicted octanol–water partition coefficient (Wildman–Crippen LogP) is 3.04. The molecule has 1 heterocycles. The van der Waals surface area contributed by atoms with Crippen LogP contribution in [-0.2, 0) is 10.2 Å². The van der Waals surface area contributed by atoms with Crippen LogP contribution in [0.1, 0.15) is 32.3 Å². The molecular formula is C13H15ClFNO. The van der Waals surface area contributed by atoms with Gasteiger partial charge in [0.2, 0.25) is 5.91 Å². The molecule has 1 aliphatic rings. The van der Waals surface area contributed by atoms with Gasteiger partial charge in [0.25, 0.3) is 0 Å². The van der Waals surface area contributed by atoms with E-state index in [1.807, 2.05) is 13.8 Å². The van der Waals surface area contributed by atoms with Gasteiger partial charge in [-0.15, -0.1) is 0 Å². The van der Waals surface area contributed by atoms with Crippen molar-refractivity contribution in [3.63, 3.8) is 0 Å². The molecule has 2 unspecified atom stereocenters. The quantitative estimate of drug-likeness (QED) is 0.865. The van der Waals surface area contributed by atoms with E-state index in [0.717, 1.165) is 12.0 Å². The van der Waals surface area contributed by atoms with E-state index >= 15 is 0 Å². The number of nitrogens with one attached hydrogen (secondary N) is 1. The average Bonchev–Trinajstić information content (AvgIpc) is 2.53. The van der Waals surface area contributed by atoms with Gasteiger partial charge >= 0.3 is 0 Å². The Kier molecular flexibility index (Phi) is 3.13. The maximum atomic E-state index is 13.0. The van der Waals surface area contributed by atoms with Crippen molar-refractivity contribution in [3.05, 3.63) is 34.6 Å². The lowest BCUT2D eigenvalue weighted by atomic mass is 9.75. The predicted molar refractivity (Wildman–Crippen MR) is 65.6 cm³/mol. The summed E-state index contributed by atoms with van der Waals surface area (Å²) in [6.07, 6.45) is 1.23. The summed E-state index contributed by atoms with van der Waals surface area (Å²) in [6, 6.07) is 4.43. The van der Waals surface area contributed by atoms with Crippen LogP contribution in [0, 0.1) is 5.82 Å². The van der Waals surface area contributed by atoms with E-state index in [1.54, 1.807) is 6.07 Å². The van der Waals surface area contributed by atoms with Crippen molar-refractivity contribution in [1.82, 2.24) is 5.32 Å². The number of benzene rings is 1. The van der Waals surface area contributed by atoms with E-state index in [9.17, 15) is 9.18 Å². The van der Waals surface area contributed by atoms with Gasteiger partial charge in [-0.1, -0.05) is 31.5 Å². The summed E-state index contributed by atoms with van der Waals surface area (Å²) >= 11 is 6.09. The highest BCUT2D eigenvalue weighted by Crippen LogP contribution is 2.40. The van der Waals surface area contributed by atoms with Crippen LogP contribution in [-0.4, -0.2) is 11.9 Å². The molecule has 1 amide bonds. The zero-order valence-electron chi connectivity index (χ0n) is 9.89. The molecule has 2 rings (SSSR count). The van der Waals surface area contributed by atoms with Crippen molar-refractivity contribution < 1.29 is 9.18 Å². The van der Waals surface area contributed by atoms with Gasteiger partial charge < -0.3 is 5.32 Å². The van der Waals surface area contributed by atoms with E-state index in [4.69, 9.17) is 11.6 Å². The topological polar surface area (TPSA) is 29.1 Å². The molecule has 0 saturated carbocycles. The Morgan fingerprint density at radius 2 is 2.29 bits per heavy atom. The number of hydrogen-bond donors (Lipinski definition) is 1. The second-order valence-electron chi connectivity index (χ2n) is 4.75. The van der Waals surface area contributed by atoms with Crippen molar-refractivity contribution in [1.29, 1.82) is 0 Å². The maximum absolute atomic E-state index is 13.0. The Morgan fingerprint density at radius 3 is 2.88 bits per heavy atom. The molecule has 0 aliphatic carbocycles. The van der Waals surface area contributed by atoms with Gasteiger partial charge in [-0.25, -0.2) is 4.39 Å². The molecule has 0 bridgehead atoms. The van der Waals surface area contributed by atoms with Crippen LogP contribution < -0.4 is 5.32 Å². The molecule has 4 heteroatoms. The number of amides is 1.